The second-order valence-corrected chi connectivity index (χ2v) is 7.31. The van der Waals surface area contributed by atoms with E-state index >= 15 is 0 Å². The van der Waals surface area contributed by atoms with Crippen LogP contribution in [0, 0.1) is 16.7 Å². The average Bonchev–Trinajstić information content (AvgIpc) is 3.19. The number of fused-ring (bicyclic) bond motifs is 1. The van der Waals surface area contributed by atoms with Crippen LogP contribution in [-0.2, 0) is 11.2 Å². The Balaban J connectivity index is 1.78. The highest BCUT2D eigenvalue weighted by Crippen LogP contribution is 2.39. The topological polar surface area (TPSA) is 65.8 Å². The zero-order valence-electron chi connectivity index (χ0n) is 13.4. The van der Waals surface area contributed by atoms with Gasteiger partial charge in [-0.2, -0.15) is 5.26 Å². The molecular formula is C18H21N3OS. The van der Waals surface area contributed by atoms with Gasteiger partial charge in [-0.15, -0.1) is 0 Å². The Labute approximate surface area is 140 Å². The molecule has 2 aromatic rings. The van der Waals surface area contributed by atoms with E-state index in [2.05, 4.69) is 35.4 Å². The highest BCUT2D eigenvalue weighted by Gasteiger charge is 2.41. The molecule has 0 radical (unpaired) electrons. The Bertz CT molecular complexity index is 753. The molecule has 1 heterocycles. The van der Waals surface area contributed by atoms with Crippen molar-refractivity contribution >= 4 is 32.6 Å². The molecule has 0 spiro atoms. The molecule has 0 saturated heterocycles. The van der Waals surface area contributed by atoms with E-state index in [1.165, 1.54) is 29.7 Å². The maximum absolute atomic E-state index is 12.5. The number of amides is 1. The fraction of sp³-hybridized carbons (Fsp3) is 0.500. The first-order valence-electron chi connectivity index (χ1n) is 8.29. The van der Waals surface area contributed by atoms with Crippen molar-refractivity contribution in [2.45, 2.75) is 51.9 Å². The summed E-state index contributed by atoms with van der Waals surface area (Å²) >= 11 is 1.49. The molecule has 1 aromatic heterocycles. The lowest BCUT2D eigenvalue weighted by atomic mass is 9.87. The monoisotopic (exact) mass is 327 g/mol. The molecule has 1 aliphatic rings. The van der Waals surface area contributed by atoms with Gasteiger partial charge in [0.2, 0.25) is 5.91 Å². The van der Waals surface area contributed by atoms with Gasteiger partial charge in [0.25, 0.3) is 0 Å². The summed E-state index contributed by atoms with van der Waals surface area (Å²) in [6, 6.07) is 8.51. The van der Waals surface area contributed by atoms with Gasteiger partial charge < -0.3 is 5.32 Å². The van der Waals surface area contributed by atoms with Gasteiger partial charge >= 0.3 is 0 Å². The number of benzene rings is 1. The highest BCUT2D eigenvalue weighted by atomic mass is 32.1. The maximum Gasteiger partial charge on any atom is 0.246 e. The van der Waals surface area contributed by atoms with E-state index in [1.807, 2.05) is 6.07 Å². The first kappa shape index (κ1) is 15.9. The van der Waals surface area contributed by atoms with Crippen molar-refractivity contribution in [1.82, 2.24) is 4.98 Å². The second kappa shape index (κ2) is 6.67. The van der Waals surface area contributed by atoms with Gasteiger partial charge in [-0.05, 0) is 43.4 Å². The molecule has 120 valence electrons. The van der Waals surface area contributed by atoms with E-state index < -0.39 is 5.41 Å². The number of nitrogens with zero attached hydrogens (tertiary/aromatic N) is 2. The van der Waals surface area contributed by atoms with Gasteiger partial charge in [0.1, 0.15) is 5.41 Å². The maximum atomic E-state index is 12.5. The van der Waals surface area contributed by atoms with Gasteiger partial charge in [-0.1, -0.05) is 43.6 Å². The lowest BCUT2D eigenvalue weighted by Gasteiger charge is -2.17. The zero-order chi connectivity index (χ0) is 16.3. The molecule has 1 aromatic carbocycles. The minimum atomic E-state index is -0.857. The average molecular weight is 327 g/mol. The molecule has 23 heavy (non-hydrogen) atoms. The van der Waals surface area contributed by atoms with Gasteiger partial charge in [0.05, 0.1) is 16.3 Å². The molecule has 1 saturated carbocycles. The van der Waals surface area contributed by atoms with Gasteiger partial charge in [-0.25, -0.2) is 4.98 Å². The number of aromatic nitrogens is 1. The number of anilines is 1. The number of carbonyl (C=O) groups excluding carboxylic acids is 1. The zero-order valence-corrected chi connectivity index (χ0v) is 14.2. The normalized spacial score (nSPS) is 16.3. The fourth-order valence-electron chi connectivity index (χ4n) is 3.14. The Hall–Kier alpha value is -1.93. The number of rotatable bonds is 5. The van der Waals surface area contributed by atoms with Crippen molar-refractivity contribution in [2.75, 3.05) is 5.32 Å². The minimum absolute atomic E-state index is 0.192. The molecule has 0 unspecified atom stereocenters. The first-order chi connectivity index (χ1) is 11.2. The highest BCUT2D eigenvalue weighted by molar-refractivity contribution is 7.22. The van der Waals surface area contributed by atoms with Crippen molar-refractivity contribution in [2.24, 2.45) is 5.41 Å². The molecule has 1 N–H and O–H groups in total. The van der Waals surface area contributed by atoms with Crippen molar-refractivity contribution in [3.05, 3.63) is 23.8 Å². The molecule has 0 atom stereocenters. The number of unbranched alkanes of at least 4 members (excludes halogenated alkanes) is 1. The van der Waals surface area contributed by atoms with Crippen LogP contribution in [0.2, 0.25) is 0 Å². The van der Waals surface area contributed by atoms with Crippen molar-refractivity contribution in [1.29, 1.82) is 5.26 Å². The summed E-state index contributed by atoms with van der Waals surface area (Å²) in [6.45, 7) is 2.19. The predicted octanol–water partition coefficient (Wildman–Crippen LogP) is 4.66. The van der Waals surface area contributed by atoms with Crippen LogP contribution in [0.25, 0.3) is 10.2 Å². The van der Waals surface area contributed by atoms with Crippen molar-refractivity contribution in [3.63, 3.8) is 0 Å². The quantitative estimate of drug-likeness (QED) is 0.868. The third-order valence-corrected chi connectivity index (χ3v) is 5.53. The smallest absolute Gasteiger partial charge is 0.246 e. The molecule has 4 nitrogen and oxygen atoms in total. The van der Waals surface area contributed by atoms with E-state index in [-0.39, 0.29) is 5.91 Å². The number of hydrogen-bond donors (Lipinski definition) is 1. The third-order valence-electron chi connectivity index (χ3n) is 4.60. The van der Waals surface area contributed by atoms with Crippen LogP contribution in [0.3, 0.4) is 0 Å². The van der Waals surface area contributed by atoms with E-state index in [0.29, 0.717) is 18.0 Å². The minimum Gasteiger partial charge on any atom is -0.301 e. The number of nitriles is 1. The van der Waals surface area contributed by atoms with Crippen LogP contribution < -0.4 is 5.32 Å². The summed E-state index contributed by atoms with van der Waals surface area (Å²) in [6.07, 6.45) is 6.63. The fourth-order valence-corrected chi connectivity index (χ4v) is 4.07. The van der Waals surface area contributed by atoms with Crippen LogP contribution in [-0.4, -0.2) is 10.9 Å². The Kier molecular flexibility index (Phi) is 4.63. The second-order valence-electron chi connectivity index (χ2n) is 6.28. The summed E-state index contributed by atoms with van der Waals surface area (Å²) in [5.74, 6) is -0.192. The molecule has 0 aliphatic heterocycles. The Morgan fingerprint density at radius 3 is 2.91 bits per heavy atom. The Morgan fingerprint density at radius 1 is 1.43 bits per heavy atom. The number of hydrogen-bond acceptors (Lipinski definition) is 4. The molecule has 5 heteroatoms. The Morgan fingerprint density at radius 2 is 2.22 bits per heavy atom. The molecular weight excluding hydrogens is 306 g/mol. The summed E-state index contributed by atoms with van der Waals surface area (Å²) in [5.41, 5.74) is 1.36. The molecule has 1 amide bonds. The van der Waals surface area contributed by atoms with Crippen molar-refractivity contribution < 1.29 is 4.79 Å². The van der Waals surface area contributed by atoms with Gasteiger partial charge in [0, 0.05) is 0 Å². The van der Waals surface area contributed by atoms with E-state index in [0.717, 1.165) is 29.5 Å². The summed E-state index contributed by atoms with van der Waals surface area (Å²) in [7, 11) is 0. The van der Waals surface area contributed by atoms with Crippen LogP contribution in [0.5, 0.6) is 0 Å². The third kappa shape index (κ3) is 3.23. The molecule has 3 rings (SSSR count). The SMILES string of the molecule is CCCCc1ccc2nc(NC(=O)C3(C#N)CCCC3)sc2c1. The predicted molar refractivity (Wildman–Crippen MR) is 93.4 cm³/mol. The van der Waals surface area contributed by atoms with E-state index in [9.17, 15) is 10.1 Å². The standard InChI is InChI=1S/C18H21N3OS/c1-2-3-6-13-7-8-14-15(11-13)23-17(20-14)21-16(22)18(12-19)9-4-5-10-18/h7-8,11H,2-6,9-10H2,1H3,(H,20,21,22). The van der Waals surface area contributed by atoms with Gasteiger partial charge in [0.15, 0.2) is 5.13 Å². The van der Waals surface area contributed by atoms with Crippen LogP contribution >= 0.6 is 11.3 Å². The summed E-state index contributed by atoms with van der Waals surface area (Å²) < 4.78 is 1.09. The number of aryl methyl sites for hydroxylation is 1. The molecule has 0 bridgehead atoms. The molecule has 1 fully saturated rings. The number of carbonyl (C=O) groups is 1. The lowest BCUT2D eigenvalue weighted by Crippen LogP contribution is -2.32. The van der Waals surface area contributed by atoms with E-state index in [4.69, 9.17) is 0 Å². The summed E-state index contributed by atoms with van der Waals surface area (Å²) in [5, 5.41) is 12.9. The van der Waals surface area contributed by atoms with Crippen molar-refractivity contribution in [3.8, 4) is 6.07 Å². The lowest BCUT2D eigenvalue weighted by molar-refractivity contribution is -0.122. The van der Waals surface area contributed by atoms with E-state index in [1.54, 1.807) is 0 Å². The summed E-state index contributed by atoms with van der Waals surface area (Å²) in [4.78, 5) is 17.0. The van der Waals surface area contributed by atoms with Crippen LogP contribution in [0.1, 0.15) is 51.0 Å². The van der Waals surface area contributed by atoms with Crippen LogP contribution in [0.15, 0.2) is 18.2 Å². The van der Waals surface area contributed by atoms with Gasteiger partial charge in [-0.3, -0.25) is 4.79 Å². The van der Waals surface area contributed by atoms with Crippen LogP contribution in [0.4, 0.5) is 5.13 Å². The molecule has 1 aliphatic carbocycles. The largest absolute Gasteiger partial charge is 0.301 e. The number of nitrogens with one attached hydrogen (secondary N) is 1. The first-order valence-corrected chi connectivity index (χ1v) is 9.11. The number of thiazole rings is 1.